The summed E-state index contributed by atoms with van der Waals surface area (Å²) in [6, 6.07) is 3.96. The van der Waals surface area contributed by atoms with Crippen molar-refractivity contribution in [2.45, 2.75) is 13.0 Å². The van der Waals surface area contributed by atoms with Gasteiger partial charge in [-0.2, -0.15) is 0 Å². The van der Waals surface area contributed by atoms with Crippen molar-refractivity contribution in [1.29, 1.82) is 0 Å². The monoisotopic (exact) mass is 240 g/mol. The van der Waals surface area contributed by atoms with Crippen molar-refractivity contribution in [3.05, 3.63) is 22.4 Å². The van der Waals surface area contributed by atoms with Crippen LogP contribution in [0.5, 0.6) is 0 Å². The number of thiophene rings is 1. The van der Waals surface area contributed by atoms with Gasteiger partial charge in [0.1, 0.15) is 0 Å². The quantitative estimate of drug-likeness (QED) is 0.836. The van der Waals surface area contributed by atoms with E-state index in [0.29, 0.717) is 13.1 Å². The third-order valence-electron chi connectivity index (χ3n) is 2.83. The van der Waals surface area contributed by atoms with Crippen LogP contribution in [-0.4, -0.2) is 35.7 Å². The van der Waals surface area contributed by atoms with Crippen molar-refractivity contribution in [2.75, 3.05) is 19.7 Å². The molecule has 1 atom stereocenters. The Hall–Kier alpha value is -1.07. The number of amides is 2. The molecule has 4 nitrogen and oxygen atoms in total. The van der Waals surface area contributed by atoms with Crippen molar-refractivity contribution in [2.24, 2.45) is 5.92 Å². The molecule has 1 fully saturated rings. The van der Waals surface area contributed by atoms with Crippen LogP contribution in [0.3, 0.4) is 0 Å². The molecule has 1 aromatic rings. The summed E-state index contributed by atoms with van der Waals surface area (Å²) in [5.74, 6) is 0.257. The van der Waals surface area contributed by atoms with Gasteiger partial charge >= 0.3 is 6.03 Å². The second-order valence-electron chi connectivity index (χ2n) is 4.02. The molecule has 1 unspecified atom stereocenters. The number of nitrogens with one attached hydrogen (secondary N) is 1. The highest BCUT2D eigenvalue weighted by Gasteiger charge is 2.25. The highest BCUT2D eigenvalue weighted by Crippen LogP contribution is 2.15. The van der Waals surface area contributed by atoms with Gasteiger partial charge in [0, 0.05) is 30.5 Å². The van der Waals surface area contributed by atoms with Crippen LogP contribution < -0.4 is 5.32 Å². The number of hydrogen-bond donors (Lipinski definition) is 2. The summed E-state index contributed by atoms with van der Waals surface area (Å²) < 4.78 is 0. The molecule has 0 spiro atoms. The van der Waals surface area contributed by atoms with Crippen LogP contribution in [0.4, 0.5) is 4.79 Å². The first-order valence-corrected chi connectivity index (χ1v) is 6.33. The number of urea groups is 1. The molecule has 1 saturated heterocycles. The van der Waals surface area contributed by atoms with Crippen molar-refractivity contribution in [1.82, 2.24) is 10.2 Å². The van der Waals surface area contributed by atoms with Gasteiger partial charge in [-0.15, -0.1) is 11.3 Å². The predicted molar refractivity (Wildman–Crippen MR) is 63.3 cm³/mol. The lowest BCUT2D eigenvalue weighted by molar-refractivity contribution is 0.198. The van der Waals surface area contributed by atoms with E-state index in [-0.39, 0.29) is 18.6 Å². The number of hydrogen-bond acceptors (Lipinski definition) is 3. The smallest absolute Gasteiger partial charge is 0.317 e. The number of carbonyl (C=O) groups is 1. The number of carbonyl (C=O) groups excluding carboxylic acids is 1. The number of likely N-dealkylation sites (tertiary alicyclic amines) is 1. The van der Waals surface area contributed by atoms with Crippen LogP contribution in [0.15, 0.2) is 17.5 Å². The lowest BCUT2D eigenvalue weighted by Crippen LogP contribution is -2.38. The maximum absolute atomic E-state index is 11.7. The second-order valence-corrected chi connectivity index (χ2v) is 5.05. The molecule has 16 heavy (non-hydrogen) atoms. The Morgan fingerprint density at radius 3 is 3.19 bits per heavy atom. The van der Waals surface area contributed by atoms with Gasteiger partial charge in [-0.05, 0) is 17.9 Å². The molecule has 88 valence electrons. The van der Waals surface area contributed by atoms with Gasteiger partial charge < -0.3 is 15.3 Å². The predicted octanol–water partition coefficient (Wildman–Crippen LogP) is 1.27. The Labute approximate surface area is 98.9 Å². The van der Waals surface area contributed by atoms with Crippen LogP contribution in [-0.2, 0) is 6.54 Å². The van der Waals surface area contributed by atoms with Gasteiger partial charge in [0.15, 0.2) is 0 Å². The van der Waals surface area contributed by atoms with E-state index < -0.39 is 0 Å². The normalized spacial score (nSPS) is 20.1. The topological polar surface area (TPSA) is 52.6 Å². The minimum absolute atomic E-state index is 0.0237. The highest BCUT2D eigenvalue weighted by atomic mass is 32.1. The summed E-state index contributed by atoms with van der Waals surface area (Å²) in [6.07, 6.45) is 0.906. The molecule has 1 aliphatic heterocycles. The third kappa shape index (κ3) is 2.74. The van der Waals surface area contributed by atoms with Crippen LogP contribution in [0.1, 0.15) is 11.3 Å². The molecular weight excluding hydrogens is 224 g/mol. The maximum atomic E-state index is 11.7. The van der Waals surface area contributed by atoms with E-state index in [9.17, 15) is 4.79 Å². The van der Waals surface area contributed by atoms with Crippen LogP contribution in [0.2, 0.25) is 0 Å². The fourth-order valence-corrected chi connectivity index (χ4v) is 2.50. The molecule has 2 heterocycles. The molecular formula is C11H16N2O2S. The Morgan fingerprint density at radius 2 is 2.56 bits per heavy atom. The summed E-state index contributed by atoms with van der Waals surface area (Å²) in [5.41, 5.74) is 0. The summed E-state index contributed by atoms with van der Waals surface area (Å²) in [4.78, 5) is 14.7. The molecule has 0 aliphatic carbocycles. The van der Waals surface area contributed by atoms with E-state index in [1.165, 1.54) is 0 Å². The first kappa shape index (κ1) is 11.4. The van der Waals surface area contributed by atoms with Crippen molar-refractivity contribution < 1.29 is 9.90 Å². The molecule has 2 amide bonds. The lowest BCUT2D eigenvalue weighted by Gasteiger charge is -2.16. The molecule has 1 aliphatic rings. The zero-order valence-corrected chi connectivity index (χ0v) is 9.87. The van der Waals surface area contributed by atoms with E-state index in [1.54, 1.807) is 16.2 Å². The van der Waals surface area contributed by atoms with Gasteiger partial charge in [0.05, 0.1) is 6.54 Å². The number of nitrogens with zero attached hydrogens (tertiary/aromatic N) is 1. The van der Waals surface area contributed by atoms with Crippen molar-refractivity contribution in [3.8, 4) is 0 Å². The third-order valence-corrected chi connectivity index (χ3v) is 3.70. The molecule has 2 N–H and O–H groups in total. The van der Waals surface area contributed by atoms with Crippen LogP contribution >= 0.6 is 11.3 Å². The maximum Gasteiger partial charge on any atom is 0.317 e. The average molecular weight is 240 g/mol. The zero-order valence-electron chi connectivity index (χ0n) is 9.06. The lowest BCUT2D eigenvalue weighted by atomic mass is 10.1. The number of aliphatic hydroxyl groups is 1. The summed E-state index contributed by atoms with van der Waals surface area (Å²) in [6.45, 7) is 2.19. The molecule has 0 radical (unpaired) electrons. The largest absolute Gasteiger partial charge is 0.396 e. The standard InChI is InChI=1S/C11H16N2O2S/c14-8-9-3-4-13(7-9)11(15)12-6-10-2-1-5-16-10/h1-2,5,9,14H,3-4,6-8H2,(H,12,15). The molecule has 0 aromatic carbocycles. The van der Waals surface area contributed by atoms with Gasteiger partial charge in [-0.3, -0.25) is 0 Å². The van der Waals surface area contributed by atoms with Crippen LogP contribution in [0.25, 0.3) is 0 Å². The van der Waals surface area contributed by atoms with Crippen molar-refractivity contribution >= 4 is 17.4 Å². The molecule has 0 saturated carbocycles. The van der Waals surface area contributed by atoms with Crippen molar-refractivity contribution in [3.63, 3.8) is 0 Å². The van der Waals surface area contributed by atoms with Gasteiger partial charge in [-0.25, -0.2) is 4.79 Å². The number of aliphatic hydroxyl groups excluding tert-OH is 1. The fourth-order valence-electron chi connectivity index (χ4n) is 1.85. The molecule has 0 bridgehead atoms. The van der Waals surface area contributed by atoms with E-state index in [2.05, 4.69) is 5.32 Å². The SMILES string of the molecule is O=C(NCc1cccs1)N1CCC(CO)C1. The Bertz CT molecular complexity index is 340. The summed E-state index contributed by atoms with van der Waals surface area (Å²) >= 11 is 1.64. The number of rotatable bonds is 3. The first-order chi connectivity index (χ1) is 7.79. The average Bonchev–Trinajstić information content (AvgIpc) is 2.96. The van der Waals surface area contributed by atoms with E-state index in [4.69, 9.17) is 5.11 Å². The van der Waals surface area contributed by atoms with E-state index in [0.717, 1.165) is 17.8 Å². The Morgan fingerprint density at radius 1 is 1.69 bits per heavy atom. The van der Waals surface area contributed by atoms with Gasteiger partial charge in [-0.1, -0.05) is 6.07 Å². The second kappa shape index (κ2) is 5.32. The summed E-state index contributed by atoms with van der Waals surface area (Å²) in [5, 5.41) is 13.9. The minimum atomic E-state index is -0.0237. The minimum Gasteiger partial charge on any atom is -0.396 e. The summed E-state index contributed by atoms with van der Waals surface area (Å²) in [7, 11) is 0. The molecule has 2 rings (SSSR count). The molecule has 1 aromatic heterocycles. The Kier molecular flexibility index (Phi) is 3.79. The fraction of sp³-hybridized carbons (Fsp3) is 0.545. The highest BCUT2D eigenvalue weighted by molar-refractivity contribution is 7.09. The van der Waals surface area contributed by atoms with E-state index in [1.807, 2.05) is 17.5 Å². The van der Waals surface area contributed by atoms with Gasteiger partial charge in [0.2, 0.25) is 0 Å². The molecule has 5 heteroatoms. The zero-order chi connectivity index (χ0) is 11.4. The Balaban J connectivity index is 1.76. The van der Waals surface area contributed by atoms with Crippen LogP contribution in [0, 0.1) is 5.92 Å². The first-order valence-electron chi connectivity index (χ1n) is 5.45. The van der Waals surface area contributed by atoms with Gasteiger partial charge in [0.25, 0.3) is 0 Å². The van der Waals surface area contributed by atoms with E-state index >= 15 is 0 Å².